The maximum absolute atomic E-state index is 13.7. The predicted molar refractivity (Wildman–Crippen MR) is 125 cm³/mol. The van der Waals surface area contributed by atoms with Gasteiger partial charge in [0.15, 0.2) is 0 Å². The number of hydrogen-bond acceptors (Lipinski definition) is 7. The Labute approximate surface area is 210 Å². The van der Waals surface area contributed by atoms with Crippen molar-refractivity contribution in [2.24, 2.45) is 0 Å². The second-order valence-electron chi connectivity index (χ2n) is 9.97. The molecule has 0 amide bonds. The summed E-state index contributed by atoms with van der Waals surface area (Å²) in [5, 5.41) is 13.2. The Bertz CT molecular complexity index is 1290. The second-order valence-corrected chi connectivity index (χ2v) is 9.97. The van der Waals surface area contributed by atoms with Crippen LogP contribution in [-0.4, -0.2) is 44.4 Å². The van der Waals surface area contributed by atoms with Crippen molar-refractivity contribution >= 4 is 11.9 Å². The number of halogens is 3. The highest BCUT2D eigenvalue weighted by molar-refractivity contribution is 5.86. The van der Waals surface area contributed by atoms with Gasteiger partial charge in [-0.1, -0.05) is 23.4 Å². The first-order chi connectivity index (χ1) is 17.8. The average Bonchev–Trinajstić information content (AvgIpc) is 3.58. The monoisotopic (exact) mass is 514 g/mol. The number of alkyl halides is 3. The number of ether oxygens (including phenoxy) is 1. The fourth-order valence-electron chi connectivity index (χ4n) is 5.63. The molecule has 37 heavy (non-hydrogen) atoms. The molecule has 8 nitrogen and oxygen atoms in total. The van der Waals surface area contributed by atoms with Crippen LogP contribution in [0.3, 0.4) is 0 Å². The quantitative estimate of drug-likeness (QED) is 0.445. The van der Waals surface area contributed by atoms with E-state index in [1.807, 2.05) is 0 Å². The van der Waals surface area contributed by atoms with Gasteiger partial charge in [0.25, 0.3) is 0 Å². The first-order valence-corrected chi connectivity index (χ1v) is 12.4. The Morgan fingerprint density at radius 1 is 1.08 bits per heavy atom. The van der Waals surface area contributed by atoms with Crippen molar-refractivity contribution in [3.8, 4) is 11.3 Å². The standard InChI is InChI=1S/C26H25F3N4O4/c27-26(28,29)21-4-2-1-3-19(21)22-20(23(37-32-22)14-5-6-14)13-36-18-9-16-7-8-17(10-18)33(16)25-30-11-15(12-31-25)24(34)35/h1-4,11-12,14,16-18H,5-10,13H2,(H,34,35)/t16-,17+,18?. The summed E-state index contributed by atoms with van der Waals surface area (Å²) in [6.45, 7) is 0.130. The number of benzene rings is 1. The van der Waals surface area contributed by atoms with Gasteiger partial charge in [-0.05, 0) is 44.6 Å². The van der Waals surface area contributed by atoms with Crippen LogP contribution in [0, 0.1) is 0 Å². The van der Waals surface area contributed by atoms with Crippen molar-refractivity contribution in [1.82, 2.24) is 15.1 Å². The van der Waals surface area contributed by atoms with E-state index in [4.69, 9.17) is 14.4 Å². The van der Waals surface area contributed by atoms with Crippen LogP contribution in [0.15, 0.2) is 41.2 Å². The van der Waals surface area contributed by atoms with E-state index >= 15 is 0 Å². The molecule has 2 aliphatic heterocycles. The number of aromatic carboxylic acids is 1. The molecule has 194 valence electrons. The third-order valence-corrected chi connectivity index (χ3v) is 7.52. The van der Waals surface area contributed by atoms with Gasteiger partial charge in [0.05, 0.1) is 23.8 Å². The summed E-state index contributed by atoms with van der Waals surface area (Å²) in [7, 11) is 0. The van der Waals surface area contributed by atoms with Crippen LogP contribution in [0.2, 0.25) is 0 Å². The van der Waals surface area contributed by atoms with Crippen LogP contribution >= 0.6 is 0 Å². The molecular weight excluding hydrogens is 489 g/mol. The smallest absolute Gasteiger partial charge is 0.417 e. The Morgan fingerprint density at radius 2 is 1.76 bits per heavy atom. The van der Waals surface area contributed by atoms with E-state index in [9.17, 15) is 18.0 Å². The molecule has 0 radical (unpaired) electrons. The summed E-state index contributed by atoms with van der Waals surface area (Å²) in [5.41, 5.74) is 0.0920. The zero-order chi connectivity index (χ0) is 25.7. The van der Waals surface area contributed by atoms with Crippen molar-refractivity contribution in [3.63, 3.8) is 0 Å². The lowest BCUT2D eigenvalue weighted by Crippen LogP contribution is -2.46. The molecule has 3 aromatic rings. The molecule has 1 saturated carbocycles. The van der Waals surface area contributed by atoms with Gasteiger partial charge < -0.3 is 19.3 Å². The van der Waals surface area contributed by atoms with Crippen molar-refractivity contribution in [2.75, 3.05) is 4.90 Å². The minimum Gasteiger partial charge on any atom is -0.478 e. The van der Waals surface area contributed by atoms with Gasteiger partial charge in [-0.2, -0.15) is 13.2 Å². The number of carboxylic acid groups (broad SMARTS) is 1. The third kappa shape index (κ3) is 4.56. The lowest BCUT2D eigenvalue weighted by Gasteiger charge is -2.38. The van der Waals surface area contributed by atoms with Gasteiger partial charge in [-0.3, -0.25) is 0 Å². The molecule has 6 rings (SSSR count). The molecule has 1 aromatic carbocycles. The van der Waals surface area contributed by atoms with E-state index in [1.54, 1.807) is 6.07 Å². The van der Waals surface area contributed by atoms with Crippen molar-refractivity contribution in [1.29, 1.82) is 0 Å². The zero-order valence-electron chi connectivity index (χ0n) is 19.8. The summed E-state index contributed by atoms with van der Waals surface area (Å²) < 4.78 is 53.0. The SMILES string of the molecule is O=C(O)c1cnc(N2[C@@H]3CC[C@H]2CC(OCc2c(-c4ccccc4C(F)(F)F)noc2C2CC2)C3)nc1. The van der Waals surface area contributed by atoms with Crippen LogP contribution in [0.1, 0.15) is 71.7 Å². The molecule has 1 aliphatic carbocycles. The largest absolute Gasteiger partial charge is 0.478 e. The van der Waals surface area contributed by atoms with Crippen LogP contribution in [0.25, 0.3) is 11.3 Å². The molecule has 3 aliphatic rings. The van der Waals surface area contributed by atoms with Gasteiger partial charge >= 0.3 is 12.1 Å². The first kappa shape index (κ1) is 23.9. The Balaban J connectivity index is 1.20. The molecule has 1 unspecified atom stereocenters. The lowest BCUT2D eigenvalue weighted by molar-refractivity contribution is -0.137. The molecule has 0 spiro atoms. The Morgan fingerprint density at radius 3 is 2.38 bits per heavy atom. The number of rotatable bonds is 7. The number of fused-ring (bicyclic) bond motifs is 2. The van der Waals surface area contributed by atoms with E-state index < -0.39 is 17.7 Å². The molecule has 11 heteroatoms. The molecular formula is C26H25F3N4O4. The number of piperidine rings is 1. The molecule has 3 atom stereocenters. The van der Waals surface area contributed by atoms with Crippen molar-refractivity contribution < 1.29 is 32.3 Å². The Hall–Kier alpha value is -3.47. The van der Waals surface area contributed by atoms with Crippen molar-refractivity contribution in [2.45, 2.75) is 75.4 Å². The van der Waals surface area contributed by atoms with E-state index in [2.05, 4.69) is 20.0 Å². The van der Waals surface area contributed by atoms with Crippen LogP contribution in [-0.2, 0) is 17.5 Å². The first-order valence-electron chi connectivity index (χ1n) is 12.4. The minimum absolute atomic E-state index is 0.00101. The fraction of sp³-hybridized carbons (Fsp3) is 0.462. The average molecular weight is 515 g/mol. The number of hydrogen-bond donors (Lipinski definition) is 1. The van der Waals surface area contributed by atoms with Gasteiger partial charge in [0, 0.05) is 41.5 Å². The number of carboxylic acids is 1. The van der Waals surface area contributed by atoms with Crippen LogP contribution in [0.5, 0.6) is 0 Å². The highest BCUT2D eigenvalue weighted by Crippen LogP contribution is 2.46. The molecule has 2 aromatic heterocycles. The zero-order valence-corrected chi connectivity index (χ0v) is 19.8. The molecule has 2 saturated heterocycles. The number of anilines is 1. The summed E-state index contributed by atoms with van der Waals surface area (Å²) in [4.78, 5) is 21.8. The summed E-state index contributed by atoms with van der Waals surface area (Å²) in [6.07, 6.45) is 3.22. The lowest BCUT2D eigenvalue weighted by atomic mass is 9.98. The Kier molecular flexibility index (Phi) is 5.89. The van der Waals surface area contributed by atoms with Gasteiger partial charge in [-0.15, -0.1) is 0 Å². The highest BCUT2D eigenvalue weighted by atomic mass is 19.4. The number of aromatic nitrogens is 3. The molecule has 4 heterocycles. The molecule has 1 N–H and O–H groups in total. The van der Waals surface area contributed by atoms with E-state index in [1.165, 1.54) is 24.5 Å². The maximum atomic E-state index is 13.7. The summed E-state index contributed by atoms with van der Waals surface area (Å²) >= 11 is 0. The van der Waals surface area contributed by atoms with E-state index in [0.29, 0.717) is 17.3 Å². The normalized spacial score (nSPS) is 23.4. The molecule has 3 fully saturated rings. The van der Waals surface area contributed by atoms with E-state index in [0.717, 1.165) is 44.6 Å². The fourth-order valence-corrected chi connectivity index (χ4v) is 5.63. The van der Waals surface area contributed by atoms with Crippen LogP contribution < -0.4 is 4.90 Å². The predicted octanol–water partition coefficient (Wildman–Crippen LogP) is 5.44. The number of nitrogens with zero attached hydrogens (tertiary/aromatic N) is 4. The van der Waals surface area contributed by atoms with Crippen LogP contribution in [0.4, 0.5) is 19.1 Å². The van der Waals surface area contributed by atoms with Gasteiger partial charge in [0.1, 0.15) is 11.5 Å². The second kappa shape index (κ2) is 9.13. The summed E-state index contributed by atoms with van der Waals surface area (Å²) in [6, 6.07) is 5.72. The van der Waals surface area contributed by atoms with E-state index in [-0.39, 0.29) is 47.5 Å². The molecule has 2 bridgehead atoms. The highest BCUT2D eigenvalue weighted by Gasteiger charge is 2.43. The third-order valence-electron chi connectivity index (χ3n) is 7.52. The topological polar surface area (TPSA) is 102 Å². The number of carbonyl (C=O) groups is 1. The van der Waals surface area contributed by atoms with Gasteiger partial charge in [0.2, 0.25) is 5.95 Å². The van der Waals surface area contributed by atoms with Crippen molar-refractivity contribution in [3.05, 3.63) is 59.1 Å². The summed E-state index contributed by atoms with van der Waals surface area (Å²) in [5.74, 6) is 0.233. The van der Waals surface area contributed by atoms with Gasteiger partial charge in [-0.25, -0.2) is 14.8 Å². The maximum Gasteiger partial charge on any atom is 0.417 e. The minimum atomic E-state index is -4.51.